The molecule has 0 unspecified atom stereocenters. The van der Waals surface area contributed by atoms with Crippen molar-refractivity contribution in [2.75, 3.05) is 0 Å². The molecule has 2 aromatic rings. The Kier molecular flexibility index (Phi) is 49.0. The van der Waals surface area contributed by atoms with Gasteiger partial charge in [-0.1, -0.05) is 288 Å². The fourth-order valence-electron chi connectivity index (χ4n) is 9.43. The van der Waals surface area contributed by atoms with Crippen LogP contribution in [0.2, 0.25) is 0 Å². The van der Waals surface area contributed by atoms with Gasteiger partial charge in [-0.25, -0.2) is 0 Å². The Morgan fingerprint density at radius 1 is 0.294 bits per heavy atom. The van der Waals surface area contributed by atoms with Gasteiger partial charge in [0.05, 0.1) is 11.4 Å². The molecule has 2 rings (SSSR count). The van der Waals surface area contributed by atoms with Crippen LogP contribution in [0, 0.1) is 23.7 Å². The second-order valence-electron chi connectivity index (χ2n) is 20.1. The van der Waals surface area contributed by atoms with Crippen LogP contribution in [-0.2, 0) is 33.3 Å². The fraction of sp³-hybridized carbons (Fsp3) is 0.723. The molecule has 0 radical (unpaired) electrons. The summed E-state index contributed by atoms with van der Waals surface area (Å²) in [7, 11) is 0. The van der Waals surface area contributed by atoms with E-state index in [0.717, 1.165) is 49.9 Å². The van der Waals surface area contributed by atoms with E-state index in [9.17, 15) is 0 Å². The van der Waals surface area contributed by atoms with E-state index in [1.165, 1.54) is 262 Å². The Labute approximate surface area is 437 Å². The molecule has 0 heterocycles. The average molecular weight is 1020 g/mol. The molecule has 0 aliphatic heterocycles. The third kappa shape index (κ3) is 41.4. The zero-order valence-electron chi connectivity index (χ0n) is 44.8. The first-order chi connectivity index (χ1) is 33.3. The van der Waals surface area contributed by atoms with E-state index < -0.39 is 0 Å². The van der Waals surface area contributed by atoms with Gasteiger partial charge in [-0.15, -0.1) is 23.7 Å². The molecule has 0 aliphatic rings. The third-order valence-corrected chi connectivity index (χ3v) is 13.8. The standard InChI is InChI=1S/C65H106N2.Pd/c1-3-5-7-9-11-13-15-17-19-21-23-25-27-28-29-31-33-35-37-39-41-43-45-47-49-55-63-57-51-53-59-65(63)67-61-60-66-64-58-52-50-56-62(64)54-48-46-44-42-40-38-36-34-32-30-26-24-22-20-18-16-14-12-10-8-6-4-2;/h50-53,56-61H,3-43,48-49,54-55H2,1-2H3;. The predicted octanol–water partition coefficient (Wildman–Crippen LogP) is 21.7. The molecule has 0 atom stereocenters. The minimum Gasteiger partial charge on any atom is -0.255 e. The number of rotatable bonds is 46. The van der Waals surface area contributed by atoms with Crippen LogP contribution in [0.4, 0.5) is 11.4 Å². The number of hydrogen-bond acceptors (Lipinski definition) is 2. The van der Waals surface area contributed by atoms with Crippen molar-refractivity contribution < 1.29 is 20.4 Å². The van der Waals surface area contributed by atoms with Crippen molar-refractivity contribution in [1.82, 2.24) is 0 Å². The SMILES string of the molecule is CCCCCCCCCCCCCCCCCCCCC#CCCc1ccccc1N=CC=Nc1ccccc1CCC#CCCCCCCCCCCCCCCCCCCCCCCC.[Pd]. The topological polar surface area (TPSA) is 24.7 Å². The normalized spacial score (nSPS) is 11.2. The van der Waals surface area contributed by atoms with Gasteiger partial charge < -0.3 is 0 Å². The summed E-state index contributed by atoms with van der Waals surface area (Å²) in [4.78, 5) is 9.56. The van der Waals surface area contributed by atoms with Crippen molar-refractivity contribution in [3.8, 4) is 23.7 Å². The largest absolute Gasteiger partial charge is 0.255 e. The molecule has 0 aliphatic carbocycles. The second kappa shape index (κ2) is 52.4. The van der Waals surface area contributed by atoms with E-state index in [-0.39, 0.29) is 20.4 Å². The minimum atomic E-state index is 0. The molecular weight excluding hydrogens is 915 g/mol. The van der Waals surface area contributed by atoms with Crippen molar-refractivity contribution in [3.63, 3.8) is 0 Å². The Bertz CT molecular complexity index is 1550. The Morgan fingerprint density at radius 3 is 0.779 bits per heavy atom. The smallest absolute Gasteiger partial charge is 0.0662 e. The van der Waals surface area contributed by atoms with Crippen LogP contribution in [0.1, 0.15) is 301 Å². The Hall–Kier alpha value is -2.44. The maximum Gasteiger partial charge on any atom is 0.0662 e. The number of para-hydroxylation sites is 2. The first kappa shape index (κ1) is 63.6. The number of hydrogen-bond donors (Lipinski definition) is 0. The molecule has 3 heteroatoms. The van der Waals surface area contributed by atoms with Crippen molar-refractivity contribution in [2.45, 2.75) is 303 Å². The van der Waals surface area contributed by atoms with Crippen LogP contribution < -0.4 is 0 Å². The van der Waals surface area contributed by atoms with Gasteiger partial charge in [-0.3, -0.25) is 9.98 Å². The average Bonchev–Trinajstić information content (AvgIpc) is 3.35. The van der Waals surface area contributed by atoms with Gasteiger partial charge in [0.1, 0.15) is 0 Å². The summed E-state index contributed by atoms with van der Waals surface area (Å²) in [6.45, 7) is 4.61. The van der Waals surface area contributed by atoms with Crippen LogP contribution in [0.25, 0.3) is 0 Å². The van der Waals surface area contributed by atoms with E-state index in [4.69, 9.17) is 9.98 Å². The first-order valence-electron chi connectivity index (χ1n) is 29.5. The number of benzene rings is 2. The van der Waals surface area contributed by atoms with Crippen molar-refractivity contribution in [3.05, 3.63) is 59.7 Å². The van der Waals surface area contributed by atoms with E-state index >= 15 is 0 Å². The molecule has 0 spiro atoms. The molecule has 2 aromatic carbocycles. The molecule has 2 nitrogen and oxygen atoms in total. The first-order valence-corrected chi connectivity index (χ1v) is 29.5. The summed E-state index contributed by atoms with van der Waals surface area (Å²) in [5.41, 5.74) is 4.52. The summed E-state index contributed by atoms with van der Waals surface area (Å²) in [6.07, 6.45) is 64.8. The van der Waals surface area contributed by atoms with Crippen LogP contribution in [0.15, 0.2) is 58.5 Å². The van der Waals surface area contributed by atoms with E-state index in [1.807, 2.05) is 12.4 Å². The molecular formula is C65H106N2Pd. The van der Waals surface area contributed by atoms with Gasteiger partial charge in [0.2, 0.25) is 0 Å². The summed E-state index contributed by atoms with van der Waals surface area (Å²) in [6, 6.07) is 16.9. The molecule has 0 bridgehead atoms. The van der Waals surface area contributed by atoms with Gasteiger partial charge in [-0.2, -0.15) is 0 Å². The number of unbranched alkanes of at least 4 members (excludes halogenated alkanes) is 39. The van der Waals surface area contributed by atoms with Crippen LogP contribution in [-0.4, -0.2) is 12.4 Å². The second-order valence-corrected chi connectivity index (χ2v) is 20.1. The van der Waals surface area contributed by atoms with Gasteiger partial charge in [0.25, 0.3) is 0 Å². The number of aryl methyl sites for hydroxylation is 2. The zero-order chi connectivity index (χ0) is 47.4. The molecule has 0 amide bonds. The van der Waals surface area contributed by atoms with Gasteiger partial charge >= 0.3 is 0 Å². The van der Waals surface area contributed by atoms with Crippen molar-refractivity contribution >= 4 is 23.8 Å². The summed E-state index contributed by atoms with van der Waals surface area (Å²) in [5, 5.41) is 0. The maximum atomic E-state index is 4.78. The summed E-state index contributed by atoms with van der Waals surface area (Å²) in [5.74, 6) is 13.7. The van der Waals surface area contributed by atoms with Gasteiger partial charge in [0, 0.05) is 58.5 Å². The monoisotopic (exact) mass is 1020 g/mol. The zero-order valence-corrected chi connectivity index (χ0v) is 46.4. The van der Waals surface area contributed by atoms with Gasteiger partial charge in [-0.05, 0) is 48.9 Å². The number of nitrogens with zero attached hydrogens (tertiary/aromatic N) is 2. The Morgan fingerprint density at radius 2 is 0.515 bits per heavy atom. The summed E-state index contributed by atoms with van der Waals surface area (Å²) < 4.78 is 0. The molecule has 68 heavy (non-hydrogen) atoms. The third-order valence-electron chi connectivity index (χ3n) is 13.8. The fourth-order valence-corrected chi connectivity index (χ4v) is 9.43. The quantitative estimate of drug-likeness (QED) is 0.0273. The Balaban J connectivity index is 0.0000231. The van der Waals surface area contributed by atoms with E-state index in [0.29, 0.717) is 0 Å². The van der Waals surface area contributed by atoms with Crippen LogP contribution in [0.5, 0.6) is 0 Å². The number of aliphatic imine (C=N–C) groups is 2. The molecule has 0 saturated heterocycles. The predicted molar refractivity (Wildman–Crippen MR) is 302 cm³/mol. The minimum absolute atomic E-state index is 0. The molecule has 0 fully saturated rings. The summed E-state index contributed by atoms with van der Waals surface area (Å²) >= 11 is 0. The van der Waals surface area contributed by atoms with Crippen LogP contribution in [0.3, 0.4) is 0 Å². The molecule has 386 valence electrons. The molecule has 0 aromatic heterocycles. The van der Waals surface area contributed by atoms with Crippen molar-refractivity contribution in [1.29, 1.82) is 0 Å². The molecule has 0 saturated carbocycles. The van der Waals surface area contributed by atoms with Crippen LogP contribution >= 0.6 is 0 Å². The molecule has 0 N–H and O–H groups in total. The van der Waals surface area contributed by atoms with Gasteiger partial charge in [0.15, 0.2) is 0 Å². The van der Waals surface area contributed by atoms with Crippen molar-refractivity contribution in [2.24, 2.45) is 9.98 Å². The van der Waals surface area contributed by atoms with E-state index in [1.54, 1.807) is 0 Å². The van der Waals surface area contributed by atoms with E-state index in [2.05, 4.69) is 86.1 Å². The maximum absolute atomic E-state index is 4.78.